The maximum absolute atomic E-state index is 12.2. The number of nitrogens with zero attached hydrogens (tertiary/aromatic N) is 3. The van der Waals surface area contributed by atoms with Crippen molar-refractivity contribution >= 4 is 17.2 Å². The molecule has 1 unspecified atom stereocenters. The Balaban J connectivity index is 1.47. The number of rotatable bonds is 6. The standard InChI is InChI=1S/C16H22N4OS/c1-13-5-6-15(22-13)10-17-16(21)12-19-8-2-4-14(19)11-20-9-3-7-18-20/h3,5-7,9,14H,2,4,8,10-12H2,1H3,(H,17,21). The van der Waals surface area contributed by atoms with Crippen LogP contribution in [0.15, 0.2) is 30.6 Å². The van der Waals surface area contributed by atoms with Crippen LogP contribution in [0.3, 0.4) is 0 Å². The summed E-state index contributed by atoms with van der Waals surface area (Å²) in [5.41, 5.74) is 0. The molecule has 6 heteroatoms. The van der Waals surface area contributed by atoms with Crippen molar-refractivity contribution in [1.82, 2.24) is 20.0 Å². The Bertz CT molecular complexity index is 607. The van der Waals surface area contributed by atoms with Gasteiger partial charge in [-0.1, -0.05) is 0 Å². The third kappa shape index (κ3) is 3.96. The van der Waals surface area contributed by atoms with E-state index < -0.39 is 0 Å². The summed E-state index contributed by atoms with van der Waals surface area (Å²) in [6.45, 7) is 5.06. The van der Waals surface area contributed by atoms with Gasteiger partial charge < -0.3 is 5.32 Å². The third-order valence-electron chi connectivity index (χ3n) is 4.06. The van der Waals surface area contributed by atoms with E-state index in [1.807, 2.05) is 16.9 Å². The summed E-state index contributed by atoms with van der Waals surface area (Å²) in [7, 11) is 0. The van der Waals surface area contributed by atoms with Crippen molar-refractivity contribution in [3.8, 4) is 0 Å². The summed E-state index contributed by atoms with van der Waals surface area (Å²) in [6, 6.07) is 6.52. The Morgan fingerprint density at radius 1 is 1.50 bits per heavy atom. The monoisotopic (exact) mass is 318 g/mol. The Morgan fingerprint density at radius 3 is 3.14 bits per heavy atom. The molecule has 0 radical (unpaired) electrons. The van der Waals surface area contributed by atoms with Crippen LogP contribution in [-0.2, 0) is 17.9 Å². The second kappa shape index (κ2) is 7.07. The third-order valence-corrected chi connectivity index (χ3v) is 5.06. The molecule has 1 N–H and O–H groups in total. The van der Waals surface area contributed by atoms with Gasteiger partial charge in [0.15, 0.2) is 0 Å². The average Bonchev–Trinajstić information content (AvgIpc) is 3.22. The Labute approximate surface area is 134 Å². The molecule has 0 aromatic carbocycles. The Morgan fingerprint density at radius 2 is 2.41 bits per heavy atom. The van der Waals surface area contributed by atoms with Crippen molar-refractivity contribution in [3.63, 3.8) is 0 Å². The molecular weight excluding hydrogens is 296 g/mol. The van der Waals surface area contributed by atoms with Gasteiger partial charge in [-0.2, -0.15) is 5.10 Å². The summed E-state index contributed by atoms with van der Waals surface area (Å²) in [5.74, 6) is 0.110. The summed E-state index contributed by atoms with van der Waals surface area (Å²) < 4.78 is 1.95. The van der Waals surface area contributed by atoms with E-state index in [0.717, 1.165) is 25.9 Å². The van der Waals surface area contributed by atoms with Crippen LogP contribution in [0, 0.1) is 6.92 Å². The van der Waals surface area contributed by atoms with Crippen molar-refractivity contribution in [3.05, 3.63) is 40.3 Å². The maximum atomic E-state index is 12.2. The predicted octanol–water partition coefficient (Wildman–Crippen LogP) is 2.03. The van der Waals surface area contributed by atoms with E-state index in [1.165, 1.54) is 9.75 Å². The van der Waals surface area contributed by atoms with E-state index in [-0.39, 0.29) is 5.91 Å². The molecule has 3 rings (SSSR count). The number of aryl methyl sites for hydroxylation is 1. The van der Waals surface area contributed by atoms with Crippen molar-refractivity contribution in [2.45, 2.75) is 38.9 Å². The van der Waals surface area contributed by atoms with Gasteiger partial charge in [-0.05, 0) is 44.5 Å². The maximum Gasteiger partial charge on any atom is 0.234 e. The summed E-state index contributed by atoms with van der Waals surface area (Å²) in [4.78, 5) is 16.9. The minimum Gasteiger partial charge on any atom is -0.350 e. The molecule has 22 heavy (non-hydrogen) atoms. The molecule has 1 amide bonds. The fourth-order valence-corrected chi connectivity index (χ4v) is 3.77. The van der Waals surface area contributed by atoms with Crippen molar-refractivity contribution in [1.29, 1.82) is 0 Å². The molecule has 1 atom stereocenters. The molecular formula is C16H22N4OS. The lowest BCUT2D eigenvalue weighted by Crippen LogP contribution is -2.41. The van der Waals surface area contributed by atoms with Crippen LogP contribution in [0.1, 0.15) is 22.6 Å². The average molecular weight is 318 g/mol. The second-order valence-electron chi connectivity index (χ2n) is 5.78. The smallest absolute Gasteiger partial charge is 0.234 e. The molecule has 0 spiro atoms. The largest absolute Gasteiger partial charge is 0.350 e. The first-order valence-corrected chi connectivity index (χ1v) is 8.56. The first-order valence-electron chi connectivity index (χ1n) is 7.74. The zero-order chi connectivity index (χ0) is 15.4. The predicted molar refractivity (Wildman–Crippen MR) is 87.7 cm³/mol. The van der Waals surface area contributed by atoms with E-state index >= 15 is 0 Å². The number of carbonyl (C=O) groups is 1. The molecule has 1 aliphatic heterocycles. The van der Waals surface area contributed by atoms with Crippen molar-refractivity contribution in [2.75, 3.05) is 13.1 Å². The highest BCUT2D eigenvalue weighted by Crippen LogP contribution is 2.18. The molecule has 0 aliphatic carbocycles. The van der Waals surface area contributed by atoms with Crippen LogP contribution in [0.25, 0.3) is 0 Å². The highest BCUT2D eigenvalue weighted by molar-refractivity contribution is 7.11. The molecule has 1 saturated heterocycles. The van der Waals surface area contributed by atoms with E-state index in [1.54, 1.807) is 17.5 Å². The van der Waals surface area contributed by atoms with Crippen LogP contribution in [0.2, 0.25) is 0 Å². The number of hydrogen-bond donors (Lipinski definition) is 1. The summed E-state index contributed by atoms with van der Waals surface area (Å²) in [6.07, 6.45) is 6.07. The summed E-state index contributed by atoms with van der Waals surface area (Å²) >= 11 is 1.74. The lowest BCUT2D eigenvalue weighted by molar-refractivity contribution is -0.122. The number of nitrogens with one attached hydrogen (secondary N) is 1. The van der Waals surface area contributed by atoms with Gasteiger partial charge in [-0.15, -0.1) is 11.3 Å². The summed E-state index contributed by atoms with van der Waals surface area (Å²) in [5, 5.41) is 7.29. The molecule has 1 aliphatic rings. The number of aromatic nitrogens is 2. The fourth-order valence-electron chi connectivity index (χ4n) is 2.94. The second-order valence-corrected chi connectivity index (χ2v) is 7.16. The number of carbonyl (C=O) groups excluding carboxylic acids is 1. The van der Waals surface area contributed by atoms with Crippen LogP contribution in [0.5, 0.6) is 0 Å². The SMILES string of the molecule is Cc1ccc(CNC(=O)CN2CCCC2Cn2cccn2)s1. The van der Waals surface area contributed by atoms with E-state index in [0.29, 0.717) is 19.1 Å². The van der Waals surface area contributed by atoms with Crippen molar-refractivity contribution < 1.29 is 4.79 Å². The van der Waals surface area contributed by atoms with Gasteiger partial charge >= 0.3 is 0 Å². The molecule has 118 valence electrons. The minimum atomic E-state index is 0.110. The zero-order valence-corrected chi connectivity index (χ0v) is 13.7. The van der Waals surface area contributed by atoms with Gasteiger partial charge in [-0.25, -0.2) is 0 Å². The first-order chi connectivity index (χ1) is 10.7. The van der Waals surface area contributed by atoms with E-state index in [4.69, 9.17) is 0 Å². The highest BCUT2D eigenvalue weighted by Gasteiger charge is 2.26. The first kappa shape index (κ1) is 15.2. The minimum absolute atomic E-state index is 0.110. The Kier molecular flexibility index (Phi) is 4.90. The van der Waals surface area contributed by atoms with E-state index in [2.05, 4.69) is 34.4 Å². The van der Waals surface area contributed by atoms with Crippen LogP contribution in [-0.4, -0.2) is 39.7 Å². The topological polar surface area (TPSA) is 50.2 Å². The number of hydrogen-bond acceptors (Lipinski definition) is 4. The normalized spacial score (nSPS) is 18.7. The van der Waals surface area contributed by atoms with Gasteiger partial charge in [0.1, 0.15) is 0 Å². The Hall–Kier alpha value is -1.66. The highest BCUT2D eigenvalue weighted by atomic mass is 32.1. The fraction of sp³-hybridized carbons (Fsp3) is 0.500. The van der Waals surface area contributed by atoms with Gasteiger partial charge in [0.05, 0.1) is 19.6 Å². The van der Waals surface area contributed by atoms with Crippen LogP contribution in [0.4, 0.5) is 0 Å². The van der Waals surface area contributed by atoms with E-state index in [9.17, 15) is 4.79 Å². The molecule has 3 heterocycles. The lowest BCUT2D eigenvalue weighted by Gasteiger charge is -2.23. The van der Waals surface area contributed by atoms with Gasteiger partial charge in [-0.3, -0.25) is 14.4 Å². The molecule has 1 fully saturated rings. The number of thiophene rings is 1. The van der Waals surface area contributed by atoms with Crippen molar-refractivity contribution in [2.24, 2.45) is 0 Å². The zero-order valence-electron chi connectivity index (χ0n) is 12.9. The van der Waals surface area contributed by atoms with Crippen LogP contribution >= 0.6 is 11.3 Å². The number of likely N-dealkylation sites (tertiary alicyclic amines) is 1. The quantitative estimate of drug-likeness (QED) is 0.887. The molecule has 0 bridgehead atoms. The molecule has 2 aromatic heterocycles. The van der Waals surface area contributed by atoms with Gasteiger partial charge in [0.2, 0.25) is 5.91 Å². The van der Waals surface area contributed by atoms with Gasteiger partial charge in [0.25, 0.3) is 0 Å². The molecule has 5 nitrogen and oxygen atoms in total. The number of amides is 1. The van der Waals surface area contributed by atoms with Crippen LogP contribution < -0.4 is 5.32 Å². The molecule has 0 saturated carbocycles. The molecule has 2 aromatic rings. The lowest BCUT2D eigenvalue weighted by atomic mass is 10.2. The van der Waals surface area contributed by atoms with Gasteiger partial charge in [0, 0.05) is 28.2 Å².